The maximum atomic E-state index is 12.5. The van der Waals surface area contributed by atoms with Crippen molar-refractivity contribution in [2.24, 2.45) is 0 Å². The Labute approximate surface area is 142 Å². The number of hydrogen-bond acceptors (Lipinski definition) is 5. The fraction of sp³-hybridized carbons (Fsp3) is 0.375. The van der Waals surface area contributed by atoms with Crippen LogP contribution in [0, 0.1) is 0 Å². The molecule has 4 rings (SSSR count). The summed E-state index contributed by atoms with van der Waals surface area (Å²) in [5.41, 5.74) is 0.864. The second-order valence-corrected chi connectivity index (χ2v) is 7.64. The first-order valence-electron chi connectivity index (χ1n) is 7.71. The van der Waals surface area contributed by atoms with Crippen LogP contribution >= 0.6 is 22.7 Å². The summed E-state index contributed by atoms with van der Waals surface area (Å²) in [5, 5.41) is 4.12. The summed E-state index contributed by atoms with van der Waals surface area (Å²) in [4.78, 5) is 23.7. The van der Waals surface area contributed by atoms with E-state index in [1.54, 1.807) is 22.7 Å². The molecule has 1 fully saturated rings. The van der Waals surface area contributed by atoms with Crippen LogP contribution in [-0.2, 0) is 17.8 Å². The van der Waals surface area contributed by atoms with Gasteiger partial charge in [-0.15, -0.1) is 22.7 Å². The van der Waals surface area contributed by atoms with Crippen LogP contribution in [0.1, 0.15) is 10.6 Å². The number of fused-ring (bicyclic) bond motifs is 1. The number of piperazine rings is 1. The molecule has 0 bridgehead atoms. The van der Waals surface area contributed by atoms with Gasteiger partial charge in [-0.05, 0) is 11.4 Å². The second-order valence-electron chi connectivity index (χ2n) is 5.74. The molecule has 0 spiro atoms. The van der Waals surface area contributed by atoms with Crippen molar-refractivity contribution in [3.8, 4) is 0 Å². The Morgan fingerprint density at radius 1 is 1.17 bits per heavy atom. The molecular formula is C16H18N4OS2. The maximum absolute atomic E-state index is 12.5. The minimum absolute atomic E-state index is 0.187. The number of carbonyl (C=O) groups excluding carboxylic acids is 1. The Balaban J connectivity index is 1.31. The highest BCUT2D eigenvalue weighted by Crippen LogP contribution is 2.15. The largest absolute Gasteiger partial charge is 0.340 e. The van der Waals surface area contributed by atoms with Gasteiger partial charge < -0.3 is 4.90 Å². The third kappa shape index (κ3) is 3.31. The molecule has 0 saturated carbocycles. The summed E-state index contributed by atoms with van der Waals surface area (Å²) in [6, 6.07) is 4.27. The van der Waals surface area contributed by atoms with E-state index in [4.69, 9.17) is 0 Å². The highest BCUT2D eigenvalue weighted by Gasteiger charge is 2.22. The van der Waals surface area contributed by atoms with Gasteiger partial charge in [-0.25, -0.2) is 4.98 Å². The van der Waals surface area contributed by atoms with E-state index < -0.39 is 0 Å². The first-order valence-corrected chi connectivity index (χ1v) is 9.47. The van der Waals surface area contributed by atoms with Crippen LogP contribution in [0.4, 0.5) is 0 Å². The monoisotopic (exact) mass is 346 g/mol. The SMILES string of the molecule is O=C(Cc1cn2ccsc2n1)N1CCN(Cc2cccs2)CC1. The number of hydrogen-bond donors (Lipinski definition) is 0. The van der Waals surface area contributed by atoms with Gasteiger partial charge in [0, 0.05) is 55.4 Å². The van der Waals surface area contributed by atoms with Gasteiger partial charge in [0.05, 0.1) is 12.1 Å². The van der Waals surface area contributed by atoms with Gasteiger partial charge in [0.15, 0.2) is 4.96 Å². The van der Waals surface area contributed by atoms with Gasteiger partial charge in [-0.1, -0.05) is 6.07 Å². The van der Waals surface area contributed by atoms with Crippen LogP contribution in [0.15, 0.2) is 35.3 Å². The molecule has 0 N–H and O–H groups in total. The molecule has 1 aliphatic heterocycles. The van der Waals surface area contributed by atoms with Crippen molar-refractivity contribution in [2.75, 3.05) is 26.2 Å². The molecule has 0 aliphatic carbocycles. The minimum Gasteiger partial charge on any atom is -0.340 e. The van der Waals surface area contributed by atoms with E-state index in [1.165, 1.54) is 4.88 Å². The average Bonchev–Trinajstić information content (AvgIpc) is 3.25. The normalized spacial score (nSPS) is 16.3. The lowest BCUT2D eigenvalue weighted by atomic mass is 10.2. The molecule has 4 heterocycles. The zero-order valence-electron chi connectivity index (χ0n) is 12.7. The molecule has 120 valence electrons. The van der Waals surface area contributed by atoms with Crippen molar-refractivity contribution in [1.82, 2.24) is 19.2 Å². The van der Waals surface area contributed by atoms with E-state index in [0.717, 1.165) is 43.4 Å². The lowest BCUT2D eigenvalue weighted by Crippen LogP contribution is -2.48. The Kier molecular flexibility index (Phi) is 4.15. The van der Waals surface area contributed by atoms with E-state index in [9.17, 15) is 4.79 Å². The number of carbonyl (C=O) groups is 1. The highest BCUT2D eigenvalue weighted by atomic mass is 32.1. The topological polar surface area (TPSA) is 40.9 Å². The molecule has 0 atom stereocenters. The molecule has 0 unspecified atom stereocenters. The molecular weight excluding hydrogens is 328 g/mol. The summed E-state index contributed by atoms with van der Waals surface area (Å²) in [6.07, 6.45) is 4.33. The fourth-order valence-electron chi connectivity index (χ4n) is 2.91. The molecule has 0 aromatic carbocycles. The molecule has 1 saturated heterocycles. The number of amides is 1. The standard InChI is InChI=1S/C16H18N4OS2/c21-15(10-13-11-20-7-9-23-16(20)17-13)19-5-3-18(4-6-19)12-14-2-1-8-22-14/h1-2,7-9,11H,3-6,10,12H2. The molecule has 3 aromatic heterocycles. The Bertz CT molecular complexity index is 756. The van der Waals surface area contributed by atoms with Crippen molar-refractivity contribution in [2.45, 2.75) is 13.0 Å². The number of thiazole rings is 1. The fourth-order valence-corrected chi connectivity index (χ4v) is 4.37. The quantitative estimate of drug-likeness (QED) is 0.728. The predicted molar refractivity (Wildman–Crippen MR) is 92.9 cm³/mol. The summed E-state index contributed by atoms with van der Waals surface area (Å²) in [6.45, 7) is 4.51. The Morgan fingerprint density at radius 3 is 2.78 bits per heavy atom. The number of rotatable bonds is 4. The third-order valence-electron chi connectivity index (χ3n) is 4.16. The van der Waals surface area contributed by atoms with Gasteiger partial charge in [-0.2, -0.15) is 0 Å². The number of imidazole rings is 1. The van der Waals surface area contributed by atoms with E-state index >= 15 is 0 Å². The van der Waals surface area contributed by atoms with Crippen molar-refractivity contribution in [1.29, 1.82) is 0 Å². The summed E-state index contributed by atoms with van der Waals surface area (Å²) in [7, 11) is 0. The lowest BCUT2D eigenvalue weighted by molar-refractivity contribution is -0.132. The van der Waals surface area contributed by atoms with Gasteiger partial charge >= 0.3 is 0 Å². The van der Waals surface area contributed by atoms with Crippen molar-refractivity contribution in [3.05, 3.63) is 45.9 Å². The van der Waals surface area contributed by atoms with Crippen LogP contribution in [0.5, 0.6) is 0 Å². The van der Waals surface area contributed by atoms with Crippen molar-refractivity contribution < 1.29 is 4.79 Å². The van der Waals surface area contributed by atoms with E-state index in [1.807, 2.05) is 27.1 Å². The zero-order valence-corrected chi connectivity index (χ0v) is 14.4. The van der Waals surface area contributed by atoms with Gasteiger partial charge in [0.1, 0.15) is 0 Å². The summed E-state index contributed by atoms with van der Waals surface area (Å²) in [5.74, 6) is 0.187. The maximum Gasteiger partial charge on any atom is 0.228 e. The Hall–Kier alpha value is -1.70. The predicted octanol–water partition coefficient (Wildman–Crippen LogP) is 2.34. The second kappa shape index (κ2) is 6.43. The van der Waals surface area contributed by atoms with Crippen molar-refractivity contribution >= 4 is 33.5 Å². The first kappa shape index (κ1) is 14.9. The van der Waals surface area contributed by atoms with Crippen LogP contribution in [0.25, 0.3) is 4.96 Å². The van der Waals surface area contributed by atoms with E-state index in [-0.39, 0.29) is 5.91 Å². The van der Waals surface area contributed by atoms with E-state index in [2.05, 4.69) is 27.4 Å². The molecule has 1 amide bonds. The van der Waals surface area contributed by atoms with Gasteiger partial charge in [-0.3, -0.25) is 14.1 Å². The Morgan fingerprint density at radius 2 is 2.04 bits per heavy atom. The molecule has 23 heavy (non-hydrogen) atoms. The van der Waals surface area contributed by atoms with Crippen LogP contribution in [0.2, 0.25) is 0 Å². The molecule has 3 aromatic rings. The number of aromatic nitrogens is 2. The van der Waals surface area contributed by atoms with Crippen molar-refractivity contribution in [3.63, 3.8) is 0 Å². The third-order valence-corrected chi connectivity index (χ3v) is 5.79. The summed E-state index contributed by atoms with van der Waals surface area (Å²) < 4.78 is 1.98. The lowest BCUT2D eigenvalue weighted by Gasteiger charge is -2.34. The van der Waals surface area contributed by atoms with Gasteiger partial charge in [0.25, 0.3) is 0 Å². The minimum atomic E-state index is 0.187. The molecule has 1 aliphatic rings. The number of nitrogens with zero attached hydrogens (tertiary/aromatic N) is 4. The molecule has 0 radical (unpaired) electrons. The van der Waals surface area contributed by atoms with Gasteiger partial charge in [0.2, 0.25) is 5.91 Å². The zero-order chi connectivity index (χ0) is 15.6. The summed E-state index contributed by atoms with van der Waals surface area (Å²) >= 11 is 3.39. The highest BCUT2D eigenvalue weighted by molar-refractivity contribution is 7.15. The smallest absolute Gasteiger partial charge is 0.228 e. The van der Waals surface area contributed by atoms with E-state index in [0.29, 0.717) is 6.42 Å². The van der Waals surface area contributed by atoms with Crippen LogP contribution < -0.4 is 0 Å². The molecule has 5 nitrogen and oxygen atoms in total. The first-order chi connectivity index (χ1) is 11.3. The molecule has 7 heteroatoms. The average molecular weight is 346 g/mol. The van der Waals surface area contributed by atoms with Crippen LogP contribution in [0.3, 0.4) is 0 Å². The number of thiophene rings is 1. The van der Waals surface area contributed by atoms with Crippen LogP contribution in [-0.4, -0.2) is 51.3 Å².